The number of para-hydroxylation sites is 1. The van der Waals surface area contributed by atoms with Gasteiger partial charge in [0.05, 0.1) is 24.5 Å². The number of hydrogen-bond donors (Lipinski definition) is 0. The lowest BCUT2D eigenvalue weighted by Crippen LogP contribution is -2.10. The summed E-state index contributed by atoms with van der Waals surface area (Å²) in [4.78, 5) is 25.4. The van der Waals surface area contributed by atoms with Crippen LogP contribution in [0.25, 0.3) is 22.1 Å². The highest BCUT2D eigenvalue weighted by molar-refractivity contribution is 5.84. The Balaban J connectivity index is 1.54. The molecule has 0 amide bonds. The molecule has 0 saturated heterocycles. The Morgan fingerprint density at radius 3 is 2.48 bits per heavy atom. The highest BCUT2D eigenvalue weighted by Crippen LogP contribution is 2.26. The second kappa shape index (κ2) is 8.88. The van der Waals surface area contributed by atoms with Crippen molar-refractivity contribution in [2.24, 2.45) is 0 Å². The molecule has 0 saturated carbocycles. The number of benzene rings is 3. The maximum absolute atomic E-state index is 13.0. The lowest BCUT2D eigenvalue weighted by Gasteiger charge is -2.10. The number of hydrogen-bond acceptors (Lipinski definition) is 5. The molecule has 156 valence electrons. The van der Waals surface area contributed by atoms with Crippen LogP contribution >= 0.6 is 0 Å². The zero-order valence-electron chi connectivity index (χ0n) is 17.4. The quantitative estimate of drug-likeness (QED) is 0.316. The molecule has 0 aliphatic rings. The van der Waals surface area contributed by atoms with Gasteiger partial charge in [0.15, 0.2) is 0 Å². The van der Waals surface area contributed by atoms with E-state index in [2.05, 4.69) is 0 Å². The largest absolute Gasteiger partial charge is 0.496 e. The maximum Gasteiger partial charge on any atom is 0.311 e. The van der Waals surface area contributed by atoms with Crippen LogP contribution in [-0.4, -0.2) is 13.1 Å². The first-order valence-electron chi connectivity index (χ1n) is 10.0. The Kier molecular flexibility index (Phi) is 5.85. The summed E-state index contributed by atoms with van der Waals surface area (Å²) in [6.45, 7) is 1.76. The first-order chi connectivity index (χ1) is 15.1. The van der Waals surface area contributed by atoms with Gasteiger partial charge in [-0.25, -0.2) is 0 Å². The van der Waals surface area contributed by atoms with Crippen LogP contribution in [0.4, 0.5) is 0 Å². The van der Waals surface area contributed by atoms with Crippen LogP contribution in [0.1, 0.15) is 17.7 Å². The molecule has 0 atom stereocenters. The van der Waals surface area contributed by atoms with Crippen molar-refractivity contribution >= 4 is 16.9 Å². The number of rotatable bonds is 6. The molecule has 5 nitrogen and oxygen atoms in total. The van der Waals surface area contributed by atoms with Crippen molar-refractivity contribution in [2.45, 2.75) is 19.8 Å². The van der Waals surface area contributed by atoms with Crippen molar-refractivity contribution in [3.05, 3.63) is 94.3 Å². The molecule has 0 aliphatic heterocycles. The minimum Gasteiger partial charge on any atom is -0.496 e. The Morgan fingerprint density at radius 1 is 0.968 bits per heavy atom. The molecule has 0 radical (unpaired) electrons. The Labute approximate surface area is 179 Å². The molecular formula is C26H22O5. The van der Waals surface area contributed by atoms with Crippen LogP contribution < -0.4 is 14.9 Å². The highest BCUT2D eigenvalue weighted by atomic mass is 16.5. The molecule has 0 fully saturated rings. The smallest absolute Gasteiger partial charge is 0.311 e. The third-order valence-electron chi connectivity index (χ3n) is 5.13. The van der Waals surface area contributed by atoms with Crippen molar-refractivity contribution in [2.75, 3.05) is 7.11 Å². The lowest BCUT2D eigenvalue weighted by atomic mass is 10.0. The van der Waals surface area contributed by atoms with Gasteiger partial charge in [0.25, 0.3) is 0 Å². The number of carbonyl (C=O) groups is 1. The zero-order chi connectivity index (χ0) is 21.8. The summed E-state index contributed by atoms with van der Waals surface area (Å²) in [5.74, 6) is 1.23. The van der Waals surface area contributed by atoms with Crippen LogP contribution in [-0.2, 0) is 11.2 Å². The molecule has 0 spiro atoms. The molecule has 0 N–H and O–H groups in total. The van der Waals surface area contributed by atoms with Gasteiger partial charge in [-0.1, -0.05) is 48.5 Å². The minimum atomic E-state index is -0.370. The van der Waals surface area contributed by atoms with Gasteiger partial charge < -0.3 is 13.9 Å². The molecule has 5 heteroatoms. The van der Waals surface area contributed by atoms with E-state index in [1.165, 1.54) is 0 Å². The van der Waals surface area contributed by atoms with Gasteiger partial charge in [0.1, 0.15) is 22.8 Å². The van der Waals surface area contributed by atoms with Crippen LogP contribution in [0.3, 0.4) is 0 Å². The Hall–Kier alpha value is -3.86. The summed E-state index contributed by atoms with van der Waals surface area (Å²) in [5.41, 5.74) is 2.56. The second-order valence-electron chi connectivity index (χ2n) is 7.17. The van der Waals surface area contributed by atoms with Gasteiger partial charge >= 0.3 is 5.97 Å². The average Bonchev–Trinajstić information content (AvgIpc) is 2.78. The van der Waals surface area contributed by atoms with E-state index in [0.717, 1.165) is 16.9 Å². The van der Waals surface area contributed by atoms with Crippen LogP contribution in [0.5, 0.6) is 11.5 Å². The van der Waals surface area contributed by atoms with E-state index in [0.29, 0.717) is 34.5 Å². The zero-order valence-corrected chi connectivity index (χ0v) is 17.4. The molecule has 1 heterocycles. The Morgan fingerprint density at radius 2 is 1.71 bits per heavy atom. The number of methoxy groups -OCH3 is 1. The van der Waals surface area contributed by atoms with Crippen molar-refractivity contribution in [3.63, 3.8) is 0 Å². The molecule has 0 bridgehead atoms. The van der Waals surface area contributed by atoms with E-state index in [1.54, 1.807) is 32.2 Å². The number of aryl methyl sites for hydroxylation is 2. The monoisotopic (exact) mass is 414 g/mol. The van der Waals surface area contributed by atoms with Gasteiger partial charge in [0, 0.05) is 6.07 Å². The van der Waals surface area contributed by atoms with Crippen molar-refractivity contribution in [3.8, 4) is 22.6 Å². The summed E-state index contributed by atoms with van der Waals surface area (Å²) in [5, 5.41) is 0.443. The van der Waals surface area contributed by atoms with Crippen LogP contribution in [0.15, 0.2) is 82.0 Å². The van der Waals surface area contributed by atoms with Crippen LogP contribution in [0.2, 0.25) is 0 Å². The topological polar surface area (TPSA) is 65.7 Å². The van der Waals surface area contributed by atoms with Gasteiger partial charge in [0.2, 0.25) is 5.43 Å². The summed E-state index contributed by atoms with van der Waals surface area (Å²) in [6, 6.07) is 21.8. The summed E-state index contributed by atoms with van der Waals surface area (Å²) >= 11 is 0. The summed E-state index contributed by atoms with van der Waals surface area (Å²) < 4.78 is 16.7. The fourth-order valence-corrected chi connectivity index (χ4v) is 3.62. The standard InChI is InChI=1S/C26H22O5/c1-17-25(19-9-4-3-5-10-19)26(28)21-14-13-20(16-23(21)30-17)31-24(27)15-12-18-8-6-7-11-22(18)29-2/h3-11,13-14,16H,12,15H2,1-2H3. The summed E-state index contributed by atoms with van der Waals surface area (Å²) in [7, 11) is 1.60. The highest BCUT2D eigenvalue weighted by Gasteiger charge is 2.15. The summed E-state index contributed by atoms with van der Waals surface area (Å²) in [6.07, 6.45) is 0.708. The predicted octanol–water partition coefficient (Wildman–Crippen LogP) is 5.32. The normalized spacial score (nSPS) is 10.8. The molecule has 4 rings (SSSR count). The van der Waals surface area contributed by atoms with E-state index < -0.39 is 0 Å². The fourth-order valence-electron chi connectivity index (χ4n) is 3.62. The molecule has 1 aromatic heterocycles. The van der Waals surface area contributed by atoms with Crippen molar-refractivity contribution in [1.82, 2.24) is 0 Å². The average molecular weight is 414 g/mol. The minimum absolute atomic E-state index is 0.112. The molecule has 31 heavy (non-hydrogen) atoms. The lowest BCUT2D eigenvalue weighted by molar-refractivity contribution is -0.134. The number of fused-ring (bicyclic) bond motifs is 1. The van der Waals surface area contributed by atoms with Gasteiger partial charge in [-0.2, -0.15) is 0 Å². The van der Waals surface area contributed by atoms with E-state index in [9.17, 15) is 9.59 Å². The molecule has 4 aromatic rings. The Bertz CT molecular complexity index is 1290. The molecule has 3 aromatic carbocycles. The van der Waals surface area contributed by atoms with E-state index in [4.69, 9.17) is 13.9 Å². The first kappa shape index (κ1) is 20.4. The SMILES string of the molecule is COc1ccccc1CCC(=O)Oc1ccc2c(=O)c(-c3ccccc3)c(C)oc2c1. The third kappa shape index (κ3) is 4.36. The van der Waals surface area contributed by atoms with E-state index >= 15 is 0 Å². The molecular weight excluding hydrogens is 392 g/mol. The third-order valence-corrected chi connectivity index (χ3v) is 5.13. The van der Waals surface area contributed by atoms with Crippen molar-refractivity contribution < 1.29 is 18.7 Å². The van der Waals surface area contributed by atoms with Gasteiger partial charge in [-0.15, -0.1) is 0 Å². The van der Waals surface area contributed by atoms with Gasteiger partial charge in [-0.3, -0.25) is 9.59 Å². The number of ether oxygens (including phenoxy) is 2. The molecule has 0 aliphatic carbocycles. The second-order valence-corrected chi connectivity index (χ2v) is 7.17. The van der Waals surface area contributed by atoms with E-state index in [1.807, 2.05) is 54.6 Å². The van der Waals surface area contributed by atoms with Crippen molar-refractivity contribution in [1.29, 1.82) is 0 Å². The van der Waals surface area contributed by atoms with Crippen LogP contribution in [0, 0.1) is 6.92 Å². The molecule has 0 unspecified atom stereocenters. The van der Waals surface area contributed by atoms with E-state index in [-0.39, 0.29) is 17.8 Å². The number of carbonyl (C=O) groups excluding carboxylic acids is 1. The fraction of sp³-hybridized carbons (Fsp3) is 0.154. The maximum atomic E-state index is 13.0. The number of esters is 1. The predicted molar refractivity (Wildman–Crippen MR) is 120 cm³/mol. The first-order valence-corrected chi connectivity index (χ1v) is 10.0. The van der Waals surface area contributed by atoms with Gasteiger partial charge in [-0.05, 0) is 42.7 Å².